The minimum Gasteiger partial charge on any atom is -0.462 e. The van der Waals surface area contributed by atoms with Crippen LogP contribution in [-0.2, 0) is 28.2 Å². The Kier molecular flexibility index (Phi) is 36.6. The van der Waals surface area contributed by atoms with Crippen LogP contribution in [0, 0.1) is 0 Å². The third-order valence-corrected chi connectivity index (χ3v) is 9.77. The van der Waals surface area contributed by atoms with Crippen molar-refractivity contribution in [1.29, 1.82) is 0 Å². The molecule has 2 N–H and O–H groups in total. The Morgan fingerprint density at radius 3 is 1.22 bits per heavy atom. The molecular weight excluding hydrogens is 651 g/mol. The van der Waals surface area contributed by atoms with E-state index in [1.807, 2.05) is 0 Å². The second-order valence-corrected chi connectivity index (χ2v) is 15.6. The van der Waals surface area contributed by atoms with Gasteiger partial charge >= 0.3 is 19.8 Å². The summed E-state index contributed by atoms with van der Waals surface area (Å²) in [4.78, 5) is 42.7. The van der Waals surface area contributed by atoms with E-state index in [1.54, 1.807) is 0 Å². The average molecular weight is 731 g/mol. The lowest BCUT2D eigenvalue weighted by molar-refractivity contribution is -0.161. The van der Waals surface area contributed by atoms with Gasteiger partial charge in [-0.2, -0.15) is 0 Å². The Hall–Kier alpha value is -1.21. The van der Waals surface area contributed by atoms with E-state index in [1.165, 1.54) is 148 Å². The topological polar surface area (TPSA) is 119 Å². The van der Waals surface area contributed by atoms with Gasteiger partial charge < -0.3 is 19.3 Å². The number of carbonyl (C=O) groups excluding carboxylic acids is 2. The van der Waals surface area contributed by atoms with Crippen molar-refractivity contribution in [3.05, 3.63) is 12.2 Å². The van der Waals surface area contributed by atoms with E-state index in [0.717, 1.165) is 38.5 Å². The molecule has 0 radical (unpaired) electrons. The van der Waals surface area contributed by atoms with E-state index in [-0.39, 0.29) is 19.4 Å². The minimum atomic E-state index is -4.75. The van der Waals surface area contributed by atoms with E-state index in [9.17, 15) is 14.2 Å². The summed E-state index contributed by atoms with van der Waals surface area (Å²) >= 11 is 0. The molecule has 0 fully saturated rings. The molecular formula is C41H79O8P. The fourth-order valence-corrected chi connectivity index (χ4v) is 6.49. The van der Waals surface area contributed by atoms with Crippen molar-refractivity contribution in [3.8, 4) is 0 Å². The van der Waals surface area contributed by atoms with Gasteiger partial charge in [-0.05, 0) is 38.5 Å². The van der Waals surface area contributed by atoms with E-state index < -0.39 is 32.5 Å². The molecule has 0 aliphatic rings. The summed E-state index contributed by atoms with van der Waals surface area (Å²) in [6.45, 7) is 3.69. The molecule has 1 atom stereocenters. The first-order valence-corrected chi connectivity index (χ1v) is 22.5. The molecule has 0 aliphatic heterocycles. The summed E-state index contributed by atoms with van der Waals surface area (Å²) in [5.74, 6) is -0.876. The Morgan fingerprint density at radius 1 is 0.500 bits per heavy atom. The van der Waals surface area contributed by atoms with Gasteiger partial charge in [-0.1, -0.05) is 180 Å². The van der Waals surface area contributed by atoms with Gasteiger partial charge in [0.15, 0.2) is 6.10 Å². The number of carbonyl (C=O) groups is 2. The summed E-state index contributed by atoms with van der Waals surface area (Å²) in [5.41, 5.74) is 0. The lowest BCUT2D eigenvalue weighted by atomic mass is 10.0. The fourth-order valence-electron chi connectivity index (χ4n) is 6.13. The smallest absolute Gasteiger partial charge is 0.462 e. The SMILES string of the molecule is CCCCCCCC/C=C\CCCCCCCCCCCCCC(=O)O[C@H](COC(=O)CCCCCCCCCCCCC)COP(=O)(O)O. The van der Waals surface area contributed by atoms with Gasteiger partial charge in [-0.25, -0.2) is 4.57 Å². The number of allylic oxidation sites excluding steroid dienone is 2. The number of phosphoric ester groups is 1. The largest absolute Gasteiger partial charge is 0.469 e. The summed E-state index contributed by atoms with van der Waals surface area (Å²) in [6, 6.07) is 0. The normalized spacial score (nSPS) is 12.5. The highest BCUT2D eigenvalue weighted by Crippen LogP contribution is 2.36. The maximum Gasteiger partial charge on any atom is 0.469 e. The molecule has 9 heteroatoms. The van der Waals surface area contributed by atoms with Crippen molar-refractivity contribution in [2.45, 2.75) is 225 Å². The molecule has 0 aromatic carbocycles. The second kappa shape index (κ2) is 37.5. The van der Waals surface area contributed by atoms with Crippen LogP contribution in [0.4, 0.5) is 0 Å². The third-order valence-electron chi connectivity index (χ3n) is 9.28. The highest BCUT2D eigenvalue weighted by Gasteiger charge is 2.22. The maximum absolute atomic E-state index is 12.4. The van der Waals surface area contributed by atoms with E-state index in [4.69, 9.17) is 19.3 Å². The van der Waals surface area contributed by atoms with Gasteiger partial charge in [-0.15, -0.1) is 0 Å². The van der Waals surface area contributed by atoms with Crippen LogP contribution in [-0.4, -0.2) is 41.0 Å². The number of esters is 2. The van der Waals surface area contributed by atoms with Crippen LogP contribution in [0.3, 0.4) is 0 Å². The van der Waals surface area contributed by atoms with Crippen LogP contribution in [0.25, 0.3) is 0 Å². The standard InChI is InChI=1S/C41H79O8P/c1-3-5-7-9-11-13-15-16-17-18-19-20-21-22-23-24-26-28-30-32-34-36-41(43)49-39(38-48-50(44,45)46)37-47-40(42)35-33-31-29-27-25-14-12-10-8-6-4-2/h16-17,39H,3-15,18-38H2,1-2H3,(H2,44,45,46)/b17-16-/t39-/m1/s1. The Balaban J connectivity index is 3.84. The van der Waals surface area contributed by atoms with Crippen LogP contribution in [0.5, 0.6) is 0 Å². The first-order chi connectivity index (χ1) is 24.3. The molecule has 0 bridgehead atoms. The van der Waals surface area contributed by atoms with Crippen LogP contribution in [0.1, 0.15) is 219 Å². The van der Waals surface area contributed by atoms with Crippen molar-refractivity contribution >= 4 is 19.8 Å². The number of ether oxygens (including phenoxy) is 2. The maximum atomic E-state index is 12.4. The molecule has 0 aromatic rings. The molecule has 0 aliphatic carbocycles. The molecule has 0 aromatic heterocycles. The Labute approximate surface area is 307 Å². The first kappa shape index (κ1) is 48.8. The van der Waals surface area contributed by atoms with Gasteiger partial charge in [0.05, 0.1) is 6.61 Å². The zero-order valence-electron chi connectivity index (χ0n) is 32.6. The predicted octanol–water partition coefficient (Wildman–Crippen LogP) is 12.6. The molecule has 8 nitrogen and oxygen atoms in total. The number of rotatable bonds is 39. The van der Waals surface area contributed by atoms with Crippen molar-refractivity contribution < 1.29 is 37.9 Å². The van der Waals surface area contributed by atoms with Crippen molar-refractivity contribution in [3.63, 3.8) is 0 Å². The van der Waals surface area contributed by atoms with E-state index in [0.29, 0.717) is 6.42 Å². The first-order valence-electron chi connectivity index (χ1n) is 21.0. The molecule has 0 saturated heterocycles. The molecule has 0 rings (SSSR count). The molecule has 0 amide bonds. The highest BCUT2D eigenvalue weighted by atomic mass is 31.2. The lowest BCUT2D eigenvalue weighted by Crippen LogP contribution is -2.29. The van der Waals surface area contributed by atoms with Gasteiger partial charge in [0.1, 0.15) is 6.61 Å². The lowest BCUT2D eigenvalue weighted by Gasteiger charge is -2.18. The molecule has 50 heavy (non-hydrogen) atoms. The van der Waals surface area contributed by atoms with Gasteiger partial charge in [0, 0.05) is 12.8 Å². The molecule has 0 saturated carbocycles. The van der Waals surface area contributed by atoms with Crippen LogP contribution >= 0.6 is 7.82 Å². The fraction of sp³-hybridized carbons (Fsp3) is 0.902. The van der Waals surface area contributed by atoms with Gasteiger partial charge in [0.25, 0.3) is 0 Å². The molecule has 0 unspecified atom stereocenters. The Morgan fingerprint density at radius 2 is 0.840 bits per heavy atom. The van der Waals surface area contributed by atoms with Gasteiger partial charge in [0.2, 0.25) is 0 Å². The zero-order valence-corrected chi connectivity index (χ0v) is 33.5. The van der Waals surface area contributed by atoms with Crippen LogP contribution < -0.4 is 0 Å². The summed E-state index contributed by atoms with van der Waals surface area (Å²) < 4.78 is 26.3. The van der Waals surface area contributed by atoms with Crippen molar-refractivity contribution in [2.24, 2.45) is 0 Å². The molecule has 296 valence electrons. The number of phosphoric acid groups is 1. The summed E-state index contributed by atoms with van der Waals surface area (Å²) in [7, 11) is -4.75. The van der Waals surface area contributed by atoms with Crippen molar-refractivity contribution in [2.75, 3.05) is 13.2 Å². The average Bonchev–Trinajstić information content (AvgIpc) is 3.08. The second-order valence-electron chi connectivity index (χ2n) is 14.3. The monoisotopic (exact) mass is 731 g/mol. The van der Waals surface area contributed by atoms with Crippen LogP contribution in [0.2, 0.25) is 0 Å². The minimum absolute atomic E-state index is 0.216. The molecule has 0 spiro atoms. The number of hydrogen-bond acceptors (Lipinski definition) is 6. The summed E-state index contributed by atoms with van der Waals surface area (Å²) in [5, 5.41) is 0. The van der Waals surface area contributed by atoms with E-state index >= 15 is 0 Å². The number of hydrogen-bond donors (Lipinski definition) is 2. The van der Waals surface area contributed by atoms with Crippen molar-refractivity contribution in [1.82, 2.24) is 0 Å². The quantitative estimate of drug-likeness (QED) is 0.0278. The molecule has 0 heterocycles. The predicted molar refractivity (Wildman–Crippen MR) is 207 cm³/mol. The van der Waals surface area contributed by atoms with Crippen LogP contribution in [0.15, 0.2) is 12.2 Å². The van der Waals surface area contributed by atoms with E-state index in [2.05, 4.69) is 30.5 Å². The number of unbranched alkanes of at least 4 members (excludes halogenated alkanes) is 27. The zero-order chi connectivity index (χ0) is 36.8. The summed E-state index contributed by atoms with van der Waals surface area (Å²) in [6.07, 6.45) is 40.8. The highest BCUT2D eigenvalue weighted by molar-refractivity contribution is 7.46. The Bertz CT molecular complexity index is 827. The third kappa shape index (κ3) is 39.6. The van der Waals surface area contributed by atoms with Gasteiger partial charge in [-0.3, -0.25) is 14.1 Å².